The summed E-state index contributed by atoms with van der Waals surface area (Å²) in [5.74, 6) is 2.15. The highest BCUT2D eigenvalue weighted by molar-refractivity contribution is 5.89. The third-order valence-corrected chi connectivity index (χ3v) is 8.69. The molecule has 2 aromatic heterocycles. The van der Waals surface area contributed by atoms with Crippen LogP contribution in [0.5, 0.6) is 5.75 Å². The highest BCUT2D eigenvalue weighted by Crippen LogP contribution is 2.34. The largest absolute Gasteiger partial charge is 0.497 e. The molecular weight excluding hydrogens is 506 g/mol. The van der Waals surface area contributed by atoms with Gasteiger partial charge in [-0.25, -0.2) is 9.78 Å². The van der Waals surface area contributed by atoms with E-state index in [4.69, 9.17) is 25.4 Å². The fraction of sp³-hybridized carbons (Fsp3) is 0.586. The Morgan fingerprint density at radius 1 is 0.975 bits per heavy atom. The summed E-state index contributed by atoms with van der Waals surface area (Å²) in [7, 11) is 1.62. The molecule has 0 spiro atoms. The summed E-state index contributed by atoms with van der Waals surface area (Å²) in [4.78, 5) is 29.4. The van der Waals surface area contributed by atoms with E-state index in [0.29, 0.717) is 42.9 Å². The van der Waals surface area contributed by atoms with Crippen molar-refractivity contribution in [2.24, 2.45) is 5.73 Å². The molecule has 11 heteroatoms. The fourth-order valence-corrected chi connectivity index (χ4v) is 6.30. The minimum Gasteiger partial charge on any atom is -0.497 e. The number of benzene rings is 1. The number of hydrogen-bond acceptors (Lipinski definition) is 8. The number of nitrogens with two attached hydrogens (primary N) is 1. The number of anilines is 3. The topological polar surface area (TPSA) is 135 Å². The number of fused-ring (bicyclic) bond motifs is 1. The summed E-state index contributed by atoms with van der Waals surface area (Å²) in [6.45, 7) is 1.32. The third kappa shape index (κ3) is 5.94. The van der Waals surface area contributed by atoms with E-state index in [1.54, 1.807) is 7.11 Å². The first-order valence-electron chi connectivity index (χ1n) is 14.8. The van der Waals surface area contributed by atoms with E-state index in [9.17, 15) is 4.79 Å². The second-order valence-corrected chi connectivity index (χ2v) is 11.5. The van der Waals surface area contributed by atoms with Gasteiger partial charge in [-0.2, -0.15) is 9.97 Å². The molecule has 5 N–H and O–H groups in total. The standard InChI is InChI=1S/C29H41N9O2/c1-40-24-8-4-5-22(17-24)34-29(39)37-15-13-21(14-16-37)32-26-25-27(38(18-31-25)23-6-2-3-7-23)36-28(35-26)33-20-11-9-19(30)10-12-20/h4-5,8,17-21,23H,2-3,6-7,9-16,30H2,1H3,(H,34,39)(H2,32,33,35,36). The Labute approximate surface area is 235 Å². The number of nitrogens with one attached hydrogen (secondary N) is 3. The lowest BCUT2D eigenvalue weighted by Gasteiger charge is -2.32. The lowest BCUT2D eigenvalue weighted by Crippen LogP contribution is -2.44. The Kier molecular flexibility index (Phi) is 7.90. The van der Waals surface area contributed by atoms with E-state index < -0.39 is 0 Å². The molecule has 3 fully saturated rings. The summed E-state index contributed by atoms with van der Waals surface area (Å²) >= 11 is 0. The van der Waals surface area contributed by atoms with E-state index in [2.05, 4.69) is 20.5 Å². The van der Waals surface area contributed by atoms with Crippen LogP contribution in [0.2, 0.25) is 0 Å². The number of rotatable bonds is 7. The van der Waals surface area contributed by atoms with Crippen molar-refractivity contribution in [1.29, 1.82) is 0 Å². The van der Waals surface area contributed by atoms with Gasteiger partial charge in [0.25, 0.3) is 0 Å². The van der Waals surface area contributed by atoms with Crippen molar-refractivity contribution in [3.05, 3.63) is 30.6 Å². The van der Waals surface area contributed by atoms with Gasteiger partial charge in [-0.1, -0.05) is 18.9 Å². The molecule has 3 aliphatic rings. The highest BCUT2D eigenvalue weighted by Gasteiger charge is 2.27. The summed E-state index contributed by atoms with van der Waals surface area (Å²) < 4.78 is 7.52. The van der Waals surface area contributed by atoms with E-state index in [1.807, 2.05) is 35.5 Å². The molecule has 214 valence electrons. The Morgan fingerprint density at radius 2 is 1.73 bits per heavy atom. The lowest BCUT2D eigenvalue weighted by molar-refractivity contribution is 0.197. The average molecular weight is 548 g/mol. The quantitative estimate of drug-likeness (QED) is 0.333. The number of likely N-dealkylation sites (tertiary alicyclic amines) is 1. The normalized spacial score (nSPS) is 22.4. The Hall–Kier alpha value is -3.60. The third-order valence-electron chi connectivity index (χ3n) is 8.69. The van der Waals surface area contributed by atoms with Crippen LogP contribution in [0.15, 0.2) is 30.6 Å². The first-order valence-corrected chi connectivity index (χ1v) is 14.8. The molecule has 0 atom stereocenters. The van der Waals surface area contributed by atoms with Gasteiger partial charge < -0.3 is 35.9 Å². The van der Waals surface area contributed by atoms with Gasteiger partial charge in [0.15, 0.2) is 17.0 Å². The number of carbonyl (C=O) groups is 1. The van der Waals surface area contributed by atoms with Gasteiger partial charge in [0.2, 0.25) is 5.95 Å². The maximum Gasteiger partial charge on any atom is 0.321 e. The zero-order valence-electron chi connectivity index (χ0n) is 23.3. The Balaban J connectivity index is 1.15. The smallest absolute Gasteiger partial charge is 0.321 e. The molecule has 6 rings (SSSR count). The van der Waals surface area contributed by atoms with Gasteiger partial charge >= 0.3 is 6.03 Å². The summed E-state index contributed by atoms with van der Waals surface area (Å²) in [6, 6.07) is 8.59. The maximum absolute atomic E-state index is 12.9. The molecule has 2 aliphatic carbocycles. The van der Waals surface area contributed by atoms with Crippen LogP contribution in [0.4, 0.5) is 22.2 Å². The molecule has 3 aromatic rings. The van der Waals surface area contributed by atoms with E-state index in [1.165, 1.54) is 12.8 Å². The van der Waals surface area contributed by atoms with Gasteiger partial charge in [-0.15, -0.1) is 0 Å². The van der Waals surface area contributed by atoms with Crippen molar-refractivity contribution in [3.8, 4) is 5.75 Å². The van der Waals surface area contributed by atoms with Crippen molar-refractivity contribution >= 4 is 34.6 Å². The molecule has 0 unspecified atom stereocenters. The number of aromatic nitrogens is 4. The molecule has 2 saturated carbocycles. The minimum absolute atomic E-state index is 0.0925. The zero-order chi connectivity index (χ0) is 27.5. The van der Waals surface area contributed by atoms with Crippen LogP contribution in [0.3, 0.4) is 0 Å². The predicted molar refractivity (Wildman–Crippen MR) is 157 cm³/mol. The Bertz CT molecular complexity index is 1310. The molecule has 0 bridgehead atoms. The monoisotopic (exact) mass is 547 g/mol. The summed E-state index contributed by atoms with van der Waals surface area (Å²) in [5.41, 5.74) is 8.58. The van der Waals surface area contributed by atoms with Crippen molar-refractivity contribution in [1.82, 2.24) is 24.4 Å². The first-order chi connectivity index (χ1) is 19.6. The number of urea groups is 1. The number of piperidine rings is 1. The van der Waals surface area contributed by atoms with Crippen LogP contribution in [-0.2, 0) is 0 Å². The van der Waals surface area contributed by atoms with Crippen LogP contribution >= 0.6 is 0 Å². The van der Waals surface area contributed by atoms with Crippen LogP contribution in [0.1, 0.15) is 70.3 Å². The van der Waals surface area contributed by atoms with Gasteiger partial charge in [-0.05, 0) is 63.5 Å². The first kappa shape index (κ1) is 26.6. The summed E-state index contributed by atoms with van der Waals surface area (Å²) in [5, 5.41) is 10.3. The van der Waals surface area contributed by atoms with Crippen LogP contribution in [-0.4, -0.2) is 68.8 Å². The molecule has 1 aliphatic heterocycles. The maximum atomic E-state index is 12.9. The fourth-order valence-electron chi connectivity index (χ4n) is 6.30. The van der Waals surface area contributed by atoms with Crippen molar-refractivity contribution in [2.75, 3.05) is 36.1 Å². The molecule has 3 heterocycles. The van der Waals surface area contributed by atoms with Gasteiger partial charge in [0.1, 0.15) is 5.75 Å². The Morgan fingerprint density at radius 3 is 2.48 bits per heavy atom. The second kappa shape index (κ2) is 11.9. The number of imidazole rings is 1. The zero-order valence-corrected chi connectivity index (χ0v) is 23.3. The number of amides is 2. The highest BCUT2D eigenvalue weighted by atomic mass is 16.5. The van der Waals surface area contributed by atoms with Gasteiger partial charge in [-0.3, -0.25) is 0 Å². The van der Waals surface area contributed by atoms with Crippen LogP contribution < -0.4 is 26.4 Å². The predicted octanol–water partition coefficient (Wildman–Crippen LogP) is 4.74. The SMILES string of the molecule is COc1cccc(NC(=O)N2CCC(Nc3nc(NC4CCC(N)CC4)nc4c3ncn4C3CCCC3)CC2)c1. The lowest BCUT2D eigenvalue weighted by atomic mass is 9.92. The molecule has 1 aromatic carbocycles. The molecule has 2 amide bonds. The number of ether oxygens (including phenoxy) is 1. The van der Waals surface area contributed by atoms with Crippen molar-refractivity contribution in [2.45, 2.75) is 88.4 Å². The van der Waals surface area contributed by atoms with Crippen molar-refractivity contribution in [3.63, 3.8) is 0 Å². The van der Waals surface area contributed by atoms with E-state index in [0.717, 1.165) is 74.0 Å². The minimum atomic E-state index is -0.0925. The van der Waals surface area contributed by atoms with E-state index >= 15 is 0 Å². The van der Waals surface area contributed by atoms with E-state index in [-0.39, 0.29) is 12.1 Å². The number of methoxy groups -OCH3 is 1. The summed E-state index contributed by atoms with van der Waals surface area (Å²) in [6.07, 6.45) is 12.5. The van der Waals surface area contributed by atoms with Gasteiger partial charge in [0.05, 0.1) is 13.4 Å². The number of nitrogens with zero attached hydrogens (tertiary/aromatic N) is 5. The molecule has 0 radical (unpaired) electrons. The second-order valence-electron chi connectivity index (χ2n) is 11.5. The van der Waals surface area contributed by atoms with Crippen LogP contribution in [0.25, 0.3) is 11.2 Å². The van der Waals surface area contributed by atoms with Gasteiger partial charge in [0, 0.05) is 49.0 Å². The number of carbonyl (C=O) groups excluding carboxylic acids is 1. The van der Waals surface area contributed by atoms with Crippen molar-refractivity contribution < 1.29 is 9.53 Å². The molecule has 40 heavy (non-hydrogen) atoms. The molecular formula is C29H41N9O2. The molecule has 1 saturated heterocycles. The van der Waals surface area contributed by atoms with Crippen LogP contribution in [0, 0.1) is 0 Å². The number of hydrogen-bond donors (Lipinski definition) is 4. The average Bonchev–Trinajstić information content (AvgIpc) is 3.65. The molecule has 11 nitrogen and oxygen atoms in total.